The van der Waals surface area contributed by atoms with E-state index < -0.39 is 0 Å². The number of anilines is 4. The van der Waals surface area contributed by atoms with Crippen LogP contribution in [0.25, 0.3) is 11.1 Å². The van der Waals surface area contributed by atoms with E-state index in [0.717, 1.165) is 56.9 Å². The van der Waals surface area contributed by atoms with Gasteiger partial charge in [0, 0.05) is 29.1 Å². The quantitative estimate of drug-likeness (QED) is 0.392. The van der Waals surface area contributed by atoms with Gasteiger partial charge in [-0.25, -0.2) is 0 Å². The van der Waals surface area contributed by atoms with Gasteiger partial charge in [-0.2, -0.15) is 0 Å². The zero-order valence-corrected chi connectivity index (χ0v) is 17.1. The van der Waals surface area contributed by atoms with Crippen LogP contribution in [0, 0.1) is 0 Å². The van der Waals surface area contributed by atoms with Crippen molar-refractivity contribution in [3.8, 4) is 34.1 Å². The molecule has 0 unspecified atom stereocenters. The first-order chi connectivity index (χ1) is 15.8. The van der Waals surface area contributed by atoms with Gasteiger partial charge in [0.15, 0.2) is 23.0 Å². The summed E-state index contributed by atoms with van der Waals surface area (Å²) < 4.78 is 22.0. The Morgan fingerprint density at radius 1 is 0.531 bits per heavy atom. The Kier molecular flexibility index (Phi) is 4.46. The van der Waals surface area contributed by atoms with Crippen LogP contribution < -0.4 is 29.6 Å². The maximum absolute atomic E-state index is 5.56. The van der Waals surface area contributed by atoms with Crippen LogP contribution in [-0.2, 0) is 0 Å². The highest BCUT2D eigenvalue weighted by atomic mass is 16.7. The first-order valence-electron chi connectivity index (χ1n) is 10.4. The average Bonchev–Trinajstić information content (AvgIpc) is 3.49. The van der Waals surface area contributed by atoms with Crippen LogP contribution in [0.5, 0.6) is 23.0 Å². The highest BCUT2D eigenvalue weighted by molar-refractivity contribution is 5.91. The summed E-state index contributed by atoms with van der Waals surface area (Å²) in [5.74, 6) is 2.98. The molecule has 6 nitrogen and oxygen atoms in total. The lowest BCUT2D eigenvalue weighted by Crippen LogP contribution is -2.00. The number of benzene rings is 4. The van der Waals surface area contributed by atoms with Crippen LogP contribution in [0.15, 0.2) is 84.9 Å². The molecule has 4 aromatic rings. The lowest BCUT2D eigenvalue weighted by atomic mass is 10.0. The molecule has 0 radical (unpaired) electrons. The minimum Gasteiger partial charge on any atom is -0.454 e. The minimum atomic E-state index is 0.246. The Morgan fingerprint density at radius 2 is 1.16 bits per heavy atom. The van der Waals surface area contributed by atoms with Gasteiger partial charge in [0.25, 0.3) is 0 Å². The summed E-state index contributed by atoms with van der Waals surface area (Å²) in [5, 5.41) is 7.12. The van der Waals surface area contributed by atoms with Gasteiger partial charge in [-0.1, -0.05) is 42.5 Å². The van der Waals surface area contributed by atoms with E-state index in [1.54, 1.807) is 0 Å². The maximum Gasteiger partial charge on any atom is 0.231 e. The van der Waals surface area contributed by atoms with Crippen LogP contribution in [0.3, 0.4) is 0 Å². The summed E-state index contributed by atoms with van der Waals surface area (Å²) >= 11 is 0. The molecule has 2 heterocycles. The zero-order chi connectivity index (χ0) is 21.3. The molecule has 0 saturated carbocycles. The number of nitrogens with one attached hydrogen (secondary N) is 2. The van der Waals surface area contributed by atoms with Gasteiger partial charge >= 0.3 is 0 Å². The molecule has 158 valence electrons. The summed E-state index contributed by atoms with van der Waals surface area (Å²) in [7, 11) is 0. The van der Waals surface area contributed by atoms with E-state index in [0.29, 0.717) is 0 Å². The van der Waals surface area contributed by atoms with E-state index in [2.05, 4.69) is 28.8 Å². The summed E-state index contributed by atoms with van der Waals surface area (Å²) in [6.45, 7) is 0.496. The summed E-state index contributed by atoms with van der Waals surface area (Å²) in [6.07, 6.45) is 0. The molecule has 32 heavy (non-hydrogen) atoms. The summed E-state index contributed by atoms with van der Waals surface area (Å²) in [5.41, 5.74) is 5.90. The van der Waals surface area contributed by atoms with E-state index in [-0.39, 0.29) is 13.6 Å². The maximum atomic E-state index is 5.56. The molecule has 0 atom stereocenters. The van der Waals surface area contributed by atoms with Crippen molar-refractivity contribution in [1.82, 2.24) is 0 Å². The molecule has 0 spiro atoms. The SMILES string of the molecule is c1ccc(-c2cccc(Nc3ccc4c(c3)OCO4)c2Nc2ccc3c(c2)OCO3)cc1. The number of ether oxygens (including phenoxy) is 4. The first kappa shape index (κ1) is 18.4. The second kappa shape index (κ2) is 7.74. The lowest BCUT2D eigenvalue weighted by Gasteiger charge is -2.19. The summed E-state index contributed by atoms with van der Waals surface area (Å²) in [6, 6.07) is 28.2. The molecule has 6 heteroatoms. The van der Waals surface area contributed by atoms with Crippen molar-refractivity contribution in [2.45, 2.75) is 0 Å². The van der Waals surface area contributed by atoms with Crippen molar-refractivity contribution < 1.29 is 18.9 Å². The zero-order valence-electron chi connectivity index (χ0n) is 17.1. The third kappa shape index (κ3) is 3.41. The predicted octanol–water partition coefficient (Wildman–Crippen LogP) is 6.30. The van der Waals surface area contributed by atoms with Crippen LogP contribution in [0.1, 0.15) is 0 Å². The van der Waals surface area contributed by atoms with E-state index >= 15 is 0 Å². The van der Waals surface area contributed by atoms with Crippen molar-refractivity contribution >= 4 is 22.7 Å². The van der Waals surface area contributed by atoms with E-state index in [9.17, 15) is 0 Å². The minimum absolute atomic E-state index is 0.246. The molecule has 0 saturated heterocycles. The Balaban J connectivity index is 1.41. The summed E-state index contributed by atoms with van der Waals surface area (Å²) in [4.78, 5) is 0. The third-order valence-corrected chi connectivity index (χ3v) is 5.44. The number of rotatable bonds is 5. The van der Waals surface area contributed by atoms with Gasteiger partial charge in [0.05, 0.1) is 11.4 Å². The fraction of sp³-hybridized carbons (Fsp3) is 0.0769. The van der Waals surface area contributed by atoms with Crippen molar-refractivity contribution in [1.29, 1.82) is 0 Å². The molecule has 2 aliphatic heterocycles. The average molecular weight is 424 g/mol. The Hall–Kier alpha value is -4.32. The van der Waals surface area contributed by atoms with Crippen molar-refractivity contribution in [3.05, 3.63) is 84.9 Å². The molecule has 4 aromatic carbocycles. The predicted molar refractivity (Wildman–Crippen MR) is 124 cm³/mol. The fourth-order valence-corrected chi connectivity index (χ4v) is 3.90. The monoisotopic (exact) mass is 424 g/mol. The van der Waals surface area contributed by atoms with Gasteiger partial charge in [-0.05, 0) is 35.9 Å². The van der Waals surface area contributed by atoms with Gasteiger partial charge in [-0.3, -0.25) is 0 Å². The molecule has 0 bridgehead atoms. The molecule has 2 N–H and O–H groups in total. The lowest BCUT2D eigenvalue weighted by molar-refractivity contribution is 0.173. The molecule has 6 rings (SSSR count). The first-order valence-corrected chi connectivity index (χ1v) is 10.4. The largest absolute Gasteiger partial charge is 0.454 e. The molecule has 0 aliphatic carbocycles. The Morgan fingerprint density at radius 3 is 1.84 bits per heavy atom. The fourth-order valence-electron chi connectivity index (χ4n) is 3.90. The molecule has 0 fully saturated rings. The molecular weight excluding hydrogens is 404 g/mol. The van der Waals surface area contributed by atoms with E-state index in [1.807, 2.05) is 66.7 Å². The molecule has 0 aromatic heterocycles. The molecular formula is C26H20N2O4. The highest BCUT2D eigenvalue weighted by Crippen LogP contribution is 2.41. The second-order valence-corrected chi connectivity index (χ2v) is 7.48. The third-order valence-electron chi connectivity index (χ3n) is 5.44. The number of fused-ring (bicyclic) bond motifs is 2. The molecule has 2 aliphatic rings. The topological polar surface area (TPSA) is 61.0 Å². The van der Waals surface area contributed by atoms with Gasteiger partial charge < -0.3 is 29.6 Å². The number of hydrogen-bond donors (Lipinski definition) is 2. The van der Waals surface area contributed by atoms with Crippen molar-refractivity contribution in [3.63, 3.8) is 0 Å². The standard InChI is InChI=1S/C26H20N2O4/c1-2-5-17(6-3-1)20-7-4-8-21(27-18-9-11-22-24(13-18)31-15-29-22)26(20)28-19-10-12-23-25(14-19)32-16-30-23/h1-14,27-28H,15-16H2. The van der Waals surface area contributed by atoms with Gasteiger partial charge in [0.1, 0.15) is 0 Å². The Labute approximate surface area is 185 Å². The van der Waals surface area contributed by atoms with Gasteiger partial charge in [0.2, 0.25) is 13.6 Å². The number of hydrogen-bond acceptors (Lipinski definition) is 6. The Bertz CT molecular complexity index is 1290. The number of para-hydroxylation sites is 1. The van der Waals surface area contributed by atoms with E-state index in [1.165, 1.54) is 0 Å². The van der Waals surface area contributed by atoms with Crippen LogP contribution in [0.2, 0.25) is 0 Å². The highest BCUT2D eigenvalue weighted by Gasteiger charge is 2.17. The molecule has 0 amide bonds. The van der Waals surface area contributed by atoms with E-state index in [4.69, 9.17) is 18.9 Å². The van der Waals surface area contributed by atoms with Gasteiger partial charge in [-0.15, -0.1) is 0 Å². The van der Waals surface area contributed by atoms with Crippen molar-refractivity contribution in [2.75, 3.05) is 24.2 Å². The van der Waals surface area contributed by atoms with Crippen LogP contribution in [-0.4, -0.2) is 13.6 Å². The van der Waals surface area contributed by atoms with Crippen molar-refractivity contribution in [2.24, 2.45) is 0 Å². The second-order valence-electron chi connectivity index (χ2n) is 7.48. The normalized spacial score (nSPS) is 13.1. The van der Waals surface area contributed by atoms with Crippen LogP contribution in [0.4, 0.5) is 22.7 Å². The smallest absolute Gasteiger partial charge is 0.231 e. The van der Waals surface area contributed by atoms with Crippen LogP contribution >= 0.6 is 0 Å².